The largest absolute Gasteiger partial charge is 0.478 e. The Morgan fingerprint density at radius 3 is 0.941 bits per heavy atom. The van der Waals surface area contributed by atoms with Crippen molar-refractivity contribution in [1.82, 2.24) is 0 Å². The first-order valence-corrected chi connectivity index (χ1v) is 9.45. The Balaban J connectivity index is 1.71. The van der Waals surface area contributed by atoms with Gasteiger partial charge in [-0.05, 0) is 54.6 Å². The summed E-state index contributed by atoms with van der Waals surface area (Å²) in [6.45, 7) is 0. The van der Waals surface area contributed by atoms with Crippen LogP contribution < -0.4 is 0 Å². The van der Waals surface area contributed by atoms with Crippen LogP contribution in [0.15, 0.2) is 72.8 Å². The molecular weight excluding hydrogens is 448 g/mol. The molecule has 10 heteroatoms. The fraction of sp³-hybridized carbons (Fsp3) is 0. The lowest BCUT2D eigenvalue weighted by Gasteiger charge is -2.07. The molecule has 0 saturated heterocycles. The third kappa shape index (κ3) is 5.56. The Labute approximate surface area is 191 Å². The smallest absolute Gasteiger partial charge is 0.346 e. The normalized spacial score (nSPS) is 10.1. The van der Waals surface area contributed by atoms with Crippen molar-refractivity contribution in [2.75, 3.05) is 0 Å². The predicted molar refractivity (Wildman–Crippen MR) is 113 cm³/mol. The molecular formula is C24H14O10. The van der Waals surface area contributed by atoms with Gasteiger partial charge < -0.3 is 19.7 Å². The number of carboxylic acids is 2. The van der Waals surface area contributed by atoms with E-state index in [1.807, 2.05) is 0 Å². The Morgan fingerprint density at radius 1 is 0.441 bits per heavy atom. The van der Waals surface area contributed by atoms with Crippen molar-refractivity contribution in [1.29, 1.82) is 0 Å². The minimum atomic E-state index is -1.27. The van der Waals surface area contributed by atoms with E-state index in [1.54, 1.807) is 0 Å². The van der Waals surface area contributed by atoms with Crippen molar-refractivity contribution in [2.45, 2.75) is 0 Å². The van der Waals surface area contributed by atoms with Crippen molar-refractivity contribution in [3.05, 3.63) is 106 Å². The van der Waals surface area contributed by atoms with Gasteiger partial charge in [-0.25, -0.2) is 28.8 Å². The molecule has 0 radical (unpaired) electrons. The molecule has 2 N–H and O–H groups in total. The second-order valence-corrected chi connectivity index (χ2v) is 6.71. The topological polar surface area (TPSA) is 161 Å². The van der Waals surface area contributed by atoms with E-state index < -0.39 is 35.8 Å². The highest BCUT2D eigenvalue weighted by molar-refractivity contribution is 6.06. The molecule has 0 spiro atoms. The van der Waals surface area contributed by atoms with E-state index in [4.69, 9.17) is 19.7 Å². The molecule has 0 atom stereocenters. The Morgan fingerprint density at radius 2 is 0.676 bits per heavy atom. The van der Waals surface area contributed by atoms with Gasteiger partial charge in [0.25, 0.3) is 0 Å². The van der Waals surface area contributed by atoms with E-state index in [9.17, 15) is 28.8 Å². The maximum absolute atomic E-state index is 12.3. The molecule has 3 rings (SSSR count). The first kappa shape index (κ1) is 23.5. The van der Waals surface area contributed by atoms with Crippen LogP contribution >= 0.6 is 0 Å². The molecule has 34 heavy (non-hydrogen) atoms. The summed E-state index contributed by atoms with van der Waals surface area (Å²) in [6.07, 6.45) is 0. The summed E-state index contributed by atoms with van der Waals surface area (Å²) in [5.41, 5.74) is -1.11. The molecule has 0 saturated carbocycles. The highest BCUT2D eigenvalue weighted by Gasteiger charge is 2.20. The first-order valence-electron chi connectivity index (χ1n) is 9.45. The van der Waals surface area contributed by atoms with Crippen molar-refractivity contribution >= 4 is 35.8 Å². The second-order valence-electron chi connectivity index (χ2n) is 6.71. The van der Waals surface area contributed by atoms with Crippen LogP contribution in [-0.2, 0) is 9.47 Å². The summed E-state index contributed by atoms with van der Waals surface area (Å²) in [5.74, 6) is -6.99. The SMILES string of the molecule is O=C(O)c1cccc(C(=O)OC(=O)c2cccc(C(=O)OC(=O)c3cccc(C(=O)O)c3)c2)c1. The molecule has 0 aromatic heterocycles. The summed E-state index contributed by atoms with van der Waals surface area (Å²) in [5, 5.41) is 18.0. The fourth-order valence-corrected chi connectivity index (χ4v) is 2.74. The number of esters is 4. The average molecular weight is 462 g/mol. The van der Waals surface area contributed by atoms with Gasteiger partial charge in [0, 0.05) is 0 Å². The zero-order chi connectivity index (χ0) is 24.8. The first-order chi connectivity index (χ1) is 16.2. The average Bonchev–Trinajstić information content (AvgIpc) is 2.84. The Hall–Kier alpha value is -5.12. The van der Waals surface area contributed by atoms with Gasteiger partial charge in [0.15, 0.2) is 0 Å². The molecule has 0 fully saturated rings. The van der Waals surface area contributed by atoms with Gasteiger partial charge in [-0.1, -0.05) is 18.2 Å². The van der Waals surface area contributed by atoms with Crippen molar-refractivity contribution in [2.24, 2.45) is 0 Å². The zero-order valence-corrected chi connectivity index (χ0v) is 17.1. The van der Waals surface area contributed by atoms with Gasteiger partial charge >= 0.3 is 35.8 Å². The van der Waals surface area contributed by atoms with Crippen LogP contribution in [0.4, 0.5) is 0 Å². The number of carbonyl (C=O) groups excluding carboxylic acids is 4. The Bertz CT molecular complexity index is 1240. The highest BCUT2D eigenvalue weighted by atomic mass is 16.6. The lowest BCUT2D eigenvalue weighted by Crippen LogP contribution is -2.16. The van der Waals surface area contributed by atoms with Crippen LogP contribution in [0.2, 0.25) is 0 Å². The third-order valence-electron chi connectivity index (χ3n) is 4.40. The van der Waals surface area contributed by atoms with Gasteiger partial charge in [0.05, 0.1) is 33.4 Å². The van der Waals surface area contributed by atoms with E-state index >= 15 is 0 Å². The van der Waals surface area contributed by atoms with Crippen molar-refractivity contribution in [3.8, 4) is 0 Å². The summed E-state index contributed by atoms with van der Waals surface area (Å²) < 4.78 is 9.47. The maximum atomic E-state index is 12.3. The van der Waals surface area contributed by atoms with Crippen molar-refractivity contribution < 1.29 is 48.5 Å². The lowest BCUT2D eigenvalue weighted by atomic mass is 10.1. The van der Waals surface area contributed by atoms with Gasteiger partial charge in [-0.3, -0.25) is 0 Å². The minimum Gasteiger partial charge on any atom is -0.478 e. The van der Waals surface area contributed by atoms with Crippen LogP contribution in [0.1, 0.15) is 62.1 Å². The van der Waals surface area contributed by atoms with E-state index in [1.165, 1.54) is 54.6 Å². The van der Waals surface area contributed by atoms with E-state index in [0.29, 0.717) is 0 Å². The third-order valence-corrected chi connectivity index (χ3v) is 4.40. The van der Waals surface area contributed by atoms with Gasteiger partial charge in [0.2, 0.25) is 0 Å². The minimum absolute atomic E-state index is 0.169. The molecule has 0 bridgehead atoms. The van der Waals surface area contributed by atoms with Gasteiger partial charge in [-0.2, -0.15) is 0 Å². The highest BCUT2D eigenvalue weighted by Crippen LogP contribution is 2.13. The molecule has 170 valence electrons. The van der Waals surface area contributed by atoms with E-state index in [2.05, 4.69) is 0 Å². The van der Waals surface area contributed by atoms with Crippen LogP contribution in [-0.4, -0.2) is 46.0 Å². The number of ether oxygens (including phenoxy) is 2. The number of carbonyl (C=O) groups is 6. The second kappa shape index (κ2) is 10.0. The molecule has 0 amide bonds. The number of hydrogen-bond acceptors (Lipinski definition) is 8. The molecule has 0 aliphatic carbocycles. The lowest BCUT2D eigenvalue weighted by molar-refractivity contribution is 0.0386. The molecule has 10 nitrogen and oxygen atoms in total. The molecule has 0 aliphatic heterocycles. The van der Waals surface area contributed by atoms with E-state index in [0.717, 1.165) is 18.2 Å². The monoisotopic (exact) mass is 462 g/mol. The molecule has 3 aromatic rings. The van der Waals surface area contributed by atoms with Crippen LogP contribution in [0.5, 0.6) is 0 Å². The standard InChI is InChI=1S/C24H14O10/c25-19(26)13-4-1-6-15(10-13)21(29)33-23(31)17-8-3-9-18(12-17)24(32)34-22(30)16-7-2-5-14(11-16)20(27)28/h1-12H,(H,25,26)(H,27,28). The van der Waals surface area contributed by atoms with Gasteiger partial charge in [0.1, 0.15) is 0 Å². The maximum Gasteiger partial charge on any atom is 0.346 e. The fourth-order valence-electron chi connectivity index (χ4n) is 2.74. The number of aromatic carboxylic acids is 2. The molecule has 0 unspecified atom stereocenters. The number of rotatable bonds is 6. The van der Waals surface area contributed by atoms with E-state index in [-0.39, 0.29) is 33.4 Å². The van der Waals surface area contributed by atoms with Gasteiger partial charge in [-0.15, -0.1) is 0 Å². The summed E-state index contributed by atoms with van der Waals surface area (Å²) in [7, 11) is 0. The summed E-state index contributed by atoms with van der Waals surface area (Å²) in [4.78, 5) is 71.1. The number of carboxylic acid groups (broad SMARTS) is 2. The number of hydrogen-bond donors (Lipinski definition) is 2. The zero-order valence-electron chi connectivity index (χ0n) is 17.1. The summed E-state index contributed by atoms with van der Waals surface area (Å²) >= 11 is 0. The Kier molecular flexibility index (Phi) is 6.92. The summed E-state index contributed by atoms with van der Waals surface area (Å²) in [6, 6.07) is 14.6. The molecule has 0 aliphatic rings. The quantitative estimate of drug-likeness (QED) is 0.411. The van der Waals surface area contributed by atoms with Crippen LogP contribution in [0.3, 0.4) is 0 Å². The van der Waals surface area contributed by atoms with Crippen LogP contribution in [0, 0.1) is 0 Å². The number of benzene rings is 3. The van der Waals surface area contributed by atoms with Crippen molar-refractivity contribution in [3.63, 3.8) is 0 Å². The predicted octanol–water partition coefficient (Wildman–Crippen LogP) is 3.08. The molecule has 3 aromatic carbocycles. The van der Waals surface area contributed by atoms with Crippen LogP contribution in [0.25, 0.3) is 0 Å². The molecule has 0 heterocycles.